The molecule has 0 saturated carbocycles. The van der Waals surface area contributed by atoms with Crippen molar-refractivity contribution in [3.63, 3.8) is 0 Å². The summed E-state index contributed by atoms with van der Waals surface area (Å²) in [6.07, 6.45) is 4.83. The molecule has 0 atom stereocenters. The van der Waals surface area contributed by atoms with Gasteiger partial charge in [0.2, 0.25) is 0 Å². The summed E-state index contributed by atoms with van der Waals surface area (Å²) in [6, 6.07) is 6.67. The Kier molecular flexibility index (Phi) is 9.05. The number of hydrogen-bond acceptors (Lipinski definition) is 12. The third-order valence-electron chi connectivity index (χ3n) is 4.23. The van der Waals surface area contributed by atoms with Gasteiger partial charge >= 0.3 is 0 Å². The Labute approximate surface area is 211 Å². The highest BCUT2D eigenvalue weighted by Gasteiger charge is 2.29. The highest BCUT2D eigenvalue weighted by atomic mass is 32.2. The minimum absolute atomic E-state index is 0.507. The second kappa shape index (κ2) is 10.1. The van der Waals surface area contributed by atoms with Gasteiger partial charge in [0.15, 0.2) is 59.0 Å². The summed E-state index contributed by atoms with van der Waals surface area (Å²) in [4.78, 5) is -3.37. The van der Waals surface area contributed by atoms with E-state index >= 15 is 0 Å². The predicted octanol–water partition coefficient (Wildman–Crippen LogP) is -0.206. The lowest BCUT2D eigenvalue weighted by Crippen LogP contribution is -2.13. The molecule has 0 N–H and O–H groups in total. The van der Waals surface area contributed by atoms with Crippen LogP contribution < -0.4 is 0 Å². The first-order valence-corrected chi connectivity index (χ1v) is 20.5. The van der Waals surface area contributed by atoms with Crippen LogP contribution in [0.5, 0.6) is 0 Å². The molecule has 0 aromatic heterocycles. The zero-order valence-corrected chi connectivity index (χ0v) is 24.7. The van der Waals surface area contributed by atoms with Crippen LogP contribution in [0.25, 0.3) is 0 Å². The summed E-state index contributed by atoms with van der Waals surface area (Å²) < 4.78 is 139. The van der Waals surface area contributed by atoms with E-state index in [1.807, 2.05) is 0 Å². The van der Waals surface area contributed by atoms with Crippen LogP contribution in [0.2, 0.25) is 0 Å². The fraction of sp³-hybridized carbons (Fsp3) is 0.333. The molecule has 2 aromatic rings. The van der Waals surface area contributed by atoms with Crippen LogP contribution >= 0.6 is 0 Å². The maximum absolute atomic E-state index is 11.6. The van der Waals surface area contributed by atoms with E-state index in [9.17, 15) is 50.5 Å². The Hall–Kier alpha value is -1.86. The van der Waals surface area contributed by atoms with Gasteiger partial charge in [0.1, 0.15) is 9.79 Å². The molecule has 0 radical (unpaired) electrons. The Morgan fingerprint density at radius 2 is 0.500 bits per heavy atom. The van der Waals surface area contributed by atoms with Gasteiger partial charge in [-0.05, 0) is 24.3 Å². The second-order valence-corrected chi connectivity index (χ2v) is 19.6. The van der Waals surface area contributed by atoms with E-state index in [-0.39, 0.29) is 0 Å². The van der Waals surface area contributed by atoms with E-state index in [4.69, 9.17) is 0 Å². The van der Waals surface area contributed by atoms with Gasteiger partial charge in [-0.2, -0.15) is 0 Å². The molecular weight excluding hydrogens is 601 g/mol. The van der Waals surface area contributed by atoms with Crippen LogP contribution in [0.15, 0.2) is 65.8 Å². The van der Waals surface area contributed by atoms with Gasteiger partial charge in [0, 0.05) is 37.5 Å². The van der Waals surface area contributed by atoms with Crippen molar-refractivity contribution < 1.29 is 50.5 Å². The van der Waals surface area contributed by atoms with Crippen molar-refractivity contribution in [1.29, 1.82) is 0 Å². The summed E-state index contributed by atoms with van der Waals surface area (Å²) in [5.41, 5.74) is 0. The van der Waals surface area contributed by atoms with Crippen LogP contribution in [0.1, 0.15) is 0 Å². The molecule has 0 heterocycles. The third kappa shape index (κ3) is 8.07. The summed E-state index contributed by atoms with van der Waals surface area (Å²) in [6.45, 7) is 0. The minimum atomic E-state index is -3.99. The Bertz CT molecular complexity index is 1610. The lowest BCUT2D eigenvalue weighted by atomic mass is 10.4. The van der Waals surface area contributed by atoms with Gasteiger partial charge in [-0.25, -0.2) is 50.5 Å². The molecular formula is C18H24O12S6. The van der Waals surface area contributed by atoms with E-state index in [0.717, 1.165) is 61.8 Å². The van der Waals surface area contributed by atoms with Crippen molar-refractivity contribution in [1.82, 2.24) is 0 Å². The molecule has 0 saturated heterocycles. The highest BCUT2D eigenvalue weighted by Crippen LogP contribution is 2.29. The first kappa shape index (κ1) is 32.2. The van der Waals surface area contributed by atoms with Gasteiger partial charge in [-0.3, -0.25) is 0 Å². The zero-order chi connectivity index (χ0) is 28.7. The predicted molar refractivity (Wildman–Crippen MR) is 132 cm³/mol. The van der Waals surface area contributed by atoms with Gasteiger partial charge < -0.3 is 0 Å². The van der Waals surface area contributed by atoms with Gasteiger partial charge in [0.05, 0.1) is 19.6 Å². The molecule has 0 aliphatic heterocycles. The molecule has 0 aliphatic carbocycles. The number of rotatable bonds is 6. The Morgan fingerprint density at radius 3 is 0.611 bits per heavy atom. The average Bonchev–Trinajstić information content (AvgIpc) is 2.63. The normalized spacial score (nSPS) is 13.5. The monoisotopic (exact) mass is 624 g/mol. The molecule has 0 unspecified atom stereocenters. The standard InChI is InChI=1S/2C9H12O6S3/c2*1-16(10,11)7-5-4-6-8(17(2,12)13)9(7)18(3,14)15/h2*4-6H,1-3H3. The van der Waals surface area contributed by atoms with E-state index < -0.39 is 88.4 Å². The first-order chi connectivity index (χ1) is 15.7. The fourth-order valence-corrected chi connectivity index (χ4v) is 11.5. The second-order valence-electron chi connectivity index (χ2n) is 7.80. The molecule has 2 aromatic carbocycles. The molecule has 0 bridgehead atoms. The van der Waals surface area contributed by atoms with E-state index in [2.05, 4.69) is 0 Å². The van der Waals surface area contributed by atoms with Crippen LogP contribution in [0.3, 0.4) is 0 Å². The lowest BCUT2D eigenvalue weighted by Gasteiger charge is -2.10. The van der Waals surface area contributed by atoms with E-state index in [1.54, 1.807) is 0 Å². The molecule has 18 heteroatoms. The summed E-state index contributed by atoms with van der Waals surface area (Å²) in [5.74, 6) is 0. The van der Waals surface area contributed by atoms with Gasteiger partial charge in [-0.1, -0.05) is 12.1 Å². The van der Waals surface area contributed by atoms with Crippen molar-refractivity contribution in [3.05, 3.63) is 36.4 Å². The summed E-state index contributed by atoms with van der Waals surface area (Å²) >= 11 is 0. The van der Waals surface area contributed by atoms with Crippen molar-refractivity contribution >= 4 is 59.0 Å². The minimum Gasteiger partial charge on any atom is -0.224 e. The van der Waals surface area contributed by atoms with E-state index in [1.165, 1.54) is 12.1 Å². The van der Waals surface area contributed by atoms with Crippen molar-refractivity contribution in [2.45, 2.75) is 29.4 Å². The molecule has 2 rings (SSSR count). The van der Waals surface area contributed by atoms with Crippen LogP contribution in [0, 0.1) is 0 Å². The topological polar surface area (TPSA) is 205 Å². The fourth-order valence-electron chi connectivity index (χ4n) is 2.89. The highest BCUT2D eigenvalue weighted by molar-refractivity contribution is 7.96. The molecule has 0 aliphatic rings. The summed E-state index contributed by atoms with van der Waals surface area (Å²) in [7, 11) is -23.3. The zero-order valence-electron chi connectivity index (χ0n) is 19.8. The smallest absolute Gasteiger partial charge is 0.178 e. The maximum Gasteiger partial charge on any atom is 0.178 e. The van der Waals surface area contributed by atoms with Crippen molar-refractivity contribution in [2.75, 3.05) is 37.5 Å². The SMILES string of the molecule is CS(=O)(=O)c1cccc(S(C)(=O)=O)c1S(C)(=O)=O.CS(=O)(=O)c1cccc(S(C)(=O)=O)c1S(C)(=O)=O. The van der Waals surface area contributed by atoms with Crippen molar-refractivity contribution in [2.24, 2.45) is 0 Å². The maximum atomic E-state index is 11.6. The van der Waals surface area contributed by atoms with Gasteiger partial charge in [-0.15, -0.1) is 0 Å². The number of sulfone groups is 6. The van der Waals surface area contributed by atoms with E-state index in [0.29, 0.717) is 0 Å². The summed E-state index contributed by atoms with van der Waals surface area (Å²) in [5, 5.41) is 0. The molecule has 36 heavy (non-hydrogen) atoms. The number of hydrogen-bond donors (Lipinski definition) is 0. The first-order valence-electron chi connectivity index (χ1n) is 9.16. The quantitative estimate of drug-likeness (QED) is 0.410. The Morgan fingerprint density at radius 1 is 0.333 bits per heavy atom. The van der Waals surface area contributed by atoms with Crippen LogP contribution in [0.4, 0.5) is 0 Å². The average molecular weight is 625 g/mol. The molecule has 12 nitrogen and oxygen atoms in total. The van der Waals surface area contributed by atoms with Crippen molar-refractivity contribution in [3.8, 4) is 0 Å². The Balaban J connectivity index is 0.000000360. The molecule has 0 spiro atoms. The van der Waals surface area contributed by atoms with Crippen LogP contribution in [-0.2, 0) is 59.0 Å². The van der Waals surface area contributed by atoms with Crippen LogP contribution in [-0.4, -0.2) is 88.0 Å². The molecule has 0 amide bonds. The largest absolute Gasteiger partial charge is 0.224 e. The third-order valence-corrected chi connectivity index (χ3v) is 11.7. The van der Waals surface area contributed by atoms with Gasteiger partial charge in [0.25, 0.3) is 0 Å². The number of benzene rings is 2. The lowest BCUT2D eigenvalue weighted by molar-refractivity contribution is 0.579. The molecule has 0 fully saturated rings. The molecule has 204 valence electrons.